The summed E-state index contributed by atoms with van der Waals surface area (Å²) >= 11 is 0. The molecule has 0 radical (unpaired) electrons. The number of hydrogen-bond acceptors (Lipinski definition) is 8. The van der Waals surface area contributed by atoms with Gasteiger partial charge in [-0.1, -0.05) is 0 Å². The van der Waals surface area contributed by atoms with Crippen LogP contribution < -0.4 is 11.5 Å². The molecular weight excluding hydrogens is 280 g/mol. The zero-order valence-corrected chi connectivity index (χ0v) is 14.0. The molecule has 0 heterocycles. The SMILES string of the molecule is CCOCOCC.CCOCOCN.CCOCOCN. The third kappa shape index (κ3) is 45.1. The lowest BCUT2D eigenvalue weighted by atomic mass is 10.9. The number of hydrogen-bond donors (Lipinski definition) is 2. The van der Waals surface area contributed by atoms with Crippen LogP contribution in [0.4, 0.5) is 0 Å². The van der Waals surface area contributed by atoms with Crippen LogP contribution in [-0.2, 0) is 28.4 Å². The second-order valence-corrected chi connectivity index (χ2v) is 3.07. The Balaban J connectivity index is -0.000000231. The molecule has 0 saturated heterocycles. The van der Waals surface area contributed by atoms with Gasteiger partial charge in [0.2, 0.25) is 0 Å². The Morgan fingerprint density at radius 1 is 0.476 bits per heavy atom. The van der Waals surface area contributed by atoms with E-state index in [1.165, 1.54) is 0 Å². The van der Waals surface area contributed by atoms with Crippen molar-refractivity contribution < 1.29 is 28.4 Å². The molecule has 0 unspecified atom stereocenters. The highest BCUT2D eigenvalue weighted by Gasteiger charge is 1.77. The van der Waals surface area contributed by atoms with Gasteiger partial charge in [0.05, 0.1) is 13.5 Å². The summed E-state index contributed by atoms with van der Waals surface area (Å²) in [5.41, 5.74) is 9.93. The van der Waals surface area contributed by atoms with E-state index in [2.05, 4.69) is 9.47 Å². The first-order valence-corrected chi connectivity index (χ1v) is 7.11. The molecular formula is C13H34N2O6. The van der Waals surface area contributed by atoms with E-state index in [1.807, 2.05) is 27.7 Å². The molecule has 0 rings (SSSR count). The van der Waals surface area contributed by atoms with E-state index in [0.717, 1.165) is 13.2 Å². The molecule has 0 aliphatic heterocycles. The fraction of sp³-hybridized carbons (Fsp3) is 1.00. The Kier molecular flexibility index (Phi) is 38.9. The first-order valence-electron chi connectivity index (χ1n) is 7.11. The van der Waals surface area contributed by atoms with E-state index >= 15 is 0 Å². The van der Waals surface area contributed by atoms with E-state index in [9.17, 15) is 0 Å². The van der Waals surface area contributed by atoms with Crippen molar-refractivity contribution >= 4 is 0 Å². The fourth-order valence-electron chi connectivity index (χ4n) is 0.606. The third-order valence-electron chi connectivity index (χ3n) is 1.55. The van der Waals surface area contributed by atoms with Crippen LogP contribution in [0.5, 0.6) is 0 Å². The minimum atomic E-state index is 0.236. The molecule has 8 nitrogen and oxygen atoms in total. The van der Waals surface area contributed by atoms with Crippen LogP contribution in [0, 0.1) is 0 Å². The topological polar surface area (TPSA) is 107 Å². The van der Waals surface area contributed by atoms with E-state index in [4.69, 9.17) is 30.4 Å². The Bertz CT molecular complexity index is 108. The second kappa shape index (κ2) is 31.9. The van der Waals surface area contributed by atoms with Gasteiger partial charge in [0.25, 0.3) is 0 Å². The van der Waals surface area contributed by atoms with E-state index < -0.39 is 0 Å². The van der Waals surface area contributed by atoms with Gasteiger partial charge in [0, 0.05) is 26.4 Å². The Hall–Kier alpha value is -0.320. The van der Waals surface area contributed by atoms with Gasteiger partial charge in [0.15, 0.2) is 0 Å². The number of rotatable bonds is 12. The maximum Gasteiger partial charge on any atom is 0.148 e. The summed E-state index contributed by atoms with van der Waals surface area (Å²) in [4.78, 5) is 0. The van der Waals surface area contributed by atoms with Gasteiger partial charge in [-0.2, -0.15) is 0 Å². The van der Waals surface area contributed by atoms with E-state index in [1.54, 1.807) is 0 Å². The van der Waals surface area contributed by atoms with E-state index in [-0.39, 0.29) is 13.5 Å². The predicted molar refractivity (Wildman–Crippen MR) is 81.4 cm³/mol. The van der Waals surface area contributed by atoms with Crippen molar-refractivity contribution in [3.8, 4) is 0 Å². The highest BCUT2D eigenvalue weighted by atomic mass is 16.7. The van der Waals surface area contributed by atoms with Crippen LogP contribution in [0.3, 0.4) is 0 Å². The van der Waals surface area contributed by atoms with Gasteiger partial charge in [0.1, 0.15) is 20.4 Å². The molecule has 0 aromatic rings. The minimum Gasteiger partial charge on any atom is -0.356 e. The third-order valence-corrected chi connectivity index (χ3v) is 1.55. The predicted octanol–water partition coefficient (Wildman–Crippen LogP) is 0.843. The fourth-order valence-corrected chi connectivity index (χ4v) is 0.606. The molecule has 0 spiro atoms. The summed E-state index contributed by atoms with van der Waals surface area (Å²) in [7, 11) is 0. The van der Waals surface area contributed by atoms with Crippen molar-refractivity contribution in [2.75, 3.05) is 60.3 Å². The average molecular weight is 314 g/mol. The van der Waals surface area contributed by atoms with Gasteiger partial charge in [-0.15, -0.1) is 0 Å². The van der Waals surface area contributed by atoms with Crippen LogP contribution in [0.15, 0.2) is 0 Å². The normalized spacial score (nSPS) is 9.43. The molecule has 132 valence electrons. The van der Waals surface area contributed by atoms with Gasteiger partial charge in [-0.05, 0) is 27.7 Å². The summed E-state index contributed by atoms with van der Waals surface area (Å²) < 4.78 is 28.5. The summed E-state index contributed by atoms with van der Waals surface area (Å²) in [5, 5.41) is 0. The minimum absolute atomic E-state index is 0.236. The van der Waals surface area contributed by atoms with Crippen LogP contribution in [0.1, 0.15) is 27.7 Å². The van der Waals surface area contributed by atoms with E-state index in [0.29, 0.717) is 33.6 Å². The van der Waals surface area contributed by atoms with Crippen LogP contribution >= 0.6 is 0 Å². The Morgan fingerprint density at radius 2 is 0.714 bits per heavy atom. The first kappa shape index (κ1) is 25.6. The zero-order valence-electron chi connectivity index (χ0n) is 14.0. The molecule has 0 aromatic carbocycles. The molecule has 0 aromatic heterocycles. The molecule has 0 aliphatic carbocycles. The van der Waals surface area contributed by atoms with Crippen molar-refractivity contribution in [3.05, 3.63) is 0 Å². The van der Waals surface area contributed by atoms with Crippen molar-refractivity contribution in [2.24, 2.45) is 11.5 Å². The average Bonchev–Trinajstić information content (AvgIpc) is 2.50. The molecule has 21 heavy (non-hydrogen) atoms. The number of ether oxygens (including phenoxy) is 6. The van der Waals surface area contributed by atoms with Crippen molar-refractivity contribution in [2.45, 2.75) is 27.7 Å². The van der Waals surface area contributed by atoms with Crippen LogP contribution in [0.2, 0.25) is 0 Å². The highest BCUT2D eigenvalue weighted by Crippen LogP contribution is 1.74. The maximum atomic E-state index is 4.97. The smallest absolute Gasteiger partial charge is 0.148 e. The standard InChI is InChI=1S/C5H12O2.2C4H11NO2/c1-3-6-5-7-4-2;2*1-2-6-4-7-3-5/h3-5H2,1-2H3;2*2-5H2,1H3. The molecule has 0 amide bonds. The molecule has 0 aliphatic rings. The van der Waals surface area contributed by atoms with Gasteiger partial charge in [-0.3, -0.25) is 0 Å². The largest absolute Gasteiger partial charge is 0.356 e. The number of nitrogens with two attached hydrogens (primary N) is 2. The van der Waals surface area contributed by atoms with Gasteiger partial charge >= 0.3 is 0 Å². The lowest BCUT2D eigenvalue weighted by Gasteiger charge is -1.97. The Labute approximate surface area is 128 Å². The molecule has 8 heteroatoms. The van der Waals surface area contributed by atoms with Gasteiger partial charge in [-0.25, -0.2) is 0 Å². The maximum absolute atomic E-state index is 4.97. The lowest BCUT2D eigenvalue weighted by Crippen LogP contribution is -2.07. The quantitative estimate of drug-likeness (QED) is 0.403. The summed E-state index contributed by atoms with van der Waals surface area (Å²) in [5.74, 6) is 0. The summed E-state index contributed by atoms with van der Waals surface area (Å²) in [6.45, 7) is 12.1. The molecule has 0 fully saturated rings. The van der Waals surface area contributed by atoms with Crippen LogP contribution in [-0.4, -0.2) is 60.3 Å². The molecule has 0 saturated carbocycles. The zero-order chi connectivity index (χ0) is 16.6. The van der Waals surface area contributed by atoms with Crippen molar-refractivity contribution in [1.29, 1.82) is 0 Å². The first-order chi connectivity index (χ1) is 10.2. The second-order valence-electron chi connectivity index (χ2n) is 3.07. The molecule has 0 atom stereocenters. The Morgan fingerprint density at radius 3 is 0.905 bits per heavy atom. The van der Waals surface area contributed by atoms with Crippen molar-refractivity contribution in [1.82, 2.24) is 0 Å². The lowest BCUT2D eigenvalue weighted by molar-refractivity contribution is -0.0472. The van der Waals surface area contributed by atoms with Gasteiger partial charge < -0.3 is 39.9 Å². The summed E-state index contributed by atoms with van der Waals surface area (Å²) in [6.07, 6.45) is 0. The molecule has 0 bridgehead atoms. The monoisotopic (exact) mass is 314 g/mol. The summed E-state index contributed by atoms with van der Waals surface area (Å²) in [6, 6.07) is 0. The molecule has 4 N–H and O–H groups in total. The van der Waals surface area contributed by atoms with Crippen LogP contribution in [0.25, 0.3) is 0 Å². The van der Waals surface area contributed by atoms with Crippen molar-refractivity contribution in [3.63, 3.8) is 0 Å². The highest BCUT2D eigenvalue weighted by molar-refractivity contribution is 4.08.